The lowest BCUT2D eigenvalue weighted by molar-refractivity contribution is -0.123. The van der Waals surface area contributed by atoms with Crippen LogP contribution < -0.4 is 10.2 Å². The van der Waals surface area contributed by atoms with Gasteiger partial charge in [-0.1, -0.05) is 75.2 Å². The highest BCUT2D eigenvalue weighted by atomic mass is 79.9. The number of thiocarbonyl (C=S) groups is 1. The van der Waals surface area contributed by atoms with E-state index in [9.17, 15) is 9.59 Å². The van der Waals surface area contributed by atoms with Crippen LogP contribution in [0.1, 0.15) is 27.0 Å². The minimum Gasteiger partial charge on any atom is -0.488 e. The number of ether oxygens (including phenoxy) is 1. The van der Waals surface area contributed by atoms with Crippen molar-refractivity contribution in [3.63, 3.8) is 0 Å². The van der Waals surface area contributed by atoms with Crippen LogP contribution in [-0.2, 0) is 11.4 Å². The smallest absolute Gasteiger partial charge is 0.285 e. The highest BCUT2D eigenvalue weighted by Gasteiger charge is 2.34. The van der Waals surface area contributed by atoms with E-state index in [0.29, 0.717) is 31.8 Å². The number of carbonyl (C=O) groups excluding carboxylic acids is 2. The van der Waals surface area contributed by atoms with Crippen molar-refractivity contribution in [2.24, 2.45) is 0 Å². The third kappa shape index (κ3) is 6.08. The number of nitrogens with one attached hydrogen (secondary N) is 1. The van der Waals surface area contributed by atoms with E-state index in [0.717, 1.165) is 32.4 Å². The summed E-state index contributed by atoms with van der Waals surface area (Å²) in [6, 6.07) is 17.8. The fourth-order valence-electron chi connectivity index (χ4n) is 3.25. The molecule has 1 fully saturated rings. The van der Waals surface area contributed by atoms with Gasteiger partial charge in [-0.25, -0.2) is 0 Å². The van der Waals surface area contributed by atoms with Gasteiger partial charge in [-0.2, -0.15) is 5.01 Å². The number of aryl methyl sites for hydroxylation is 1. The summed E-state index contributed by atoms with van der Waals surface area (Å²) in [5, 5.41) is 2.13. The summed E-state index contributed by atoms with van der Waals surface area (Å²) in [5.41, 5.74) is 5.31. The van der Waals surface area contributed by atoms with Crippen molar-refractivity contribution in [2.75, 3.05) is 0 Å². The Bertz CT molecular complexity index is 1380. The SMILES string of the molecule is Cc1ccccc1C(=O)NN1C(=O)/C(=C\c2cc(Br)ccc2OCc2ccc(Cl)cc2Cl)SC1=S. The quantitative estimate of drug-likeness (QED) is 0.237. The number of hydrogen-bond donors (Lipinski definition) is 1. The first-order valence-electron chi connectivity index (χ1n) is 10.2. The minimum absolute atomic E-state index is 0.214. The van der Waals surface area contributed by atoms with Crippen LogP contribution in [0.15, 0.2) is 70.0 Å². The van der Waals surface area contributed by atoms with E-state index in [4.69, 9.17) is 40.2 Å². The molecule has 0 aromatic heterocycles. The maximum Gasteiger partial charge on any atom is 0.285 e. The van der Waals surface area contributed by atoms with Gasteiger partial charge in [0.2, 0.25) is 0 Å². The lowest BCUT2D eigenvalue weighted by Gasteiger charge is -2.16. The summed E-state index contributed by atoms with van der Waals surface area (Å²) in [7, 11) is 0. The van der Waals surface area contributed by atoms with Gasteiger partial charge >= 0.3 is 0 Å². The summed E-state index contributed by atoms with van der Waals surface area (Å²) >= 11 is 22.1. The second-order valence-corrected chi connectivity index (χ2v) is 10.9. The summed E-state index contributed by atoms with van der Waals surface area (Å²) in [6.45, 7) is 2.04. The third-order valence-corrected chi connectivity index (χ3v) is 7.44. The molecule has 178 valence electrons. The van der Waals surface area contributed by atoms with E-state index in [-0.39, 0.29) is 10.9 Å². The van der Waals surface area contributed by atoms with Gasteiger partial charge in [-0.3, -0.25) is 15.0 Å². The molecule has 3 aromatic carbocycles. The standard InChI is InChI=1S/C25H17BrCl2N2O3S2/c1-14-4-2-3-5-19(14)23(31)29-30-24(32)22(35-25(30)34)11-16-10-17(26)7-9-21(16)33-13-15-6-8-18(27)12-20(15)28/h2-12H,13H2,1H3,(H,29,31)/b22-11+. The summed E-state index contributed by atoms with van der Waals surface area (Å²) in [4.78, 5) is 26.1. The van der Waals surface area contributed by atoms with E-state index in [2.05, 4.69) is 21.4 Å². The fraction of sp³-hybridized carbons (Fsp3) is 0.0800. The van der Waals surface area contributed by atoms with Crippen molar-refractivity contribution in [2.45, 2.75) is 13.5 Å². The molecule has 1 N–H and O–H groups in total. The Hall–Kier alpha value is -2.36. The Morgan fingerprint density at radius 3 is 2.69 bits per heavy atom. The topological polar surface area (TPSA) is 58.6 Å². The third-order valence-electron chi connectivity index (χ3n) is 5.05. The predicted molar refractivity (Wildman–Crippen MR) is 149 cm³/mol. The van der Waals surface area contributed by atoms with E-state index >= 15 is 0 Å². The Labute approximate surface area is 230 Å². The number of benzene rings is 3. The van der Waals surface area contributed by atoms with E-state index in [1.165, 1.54) is 0 Å². The second-order valence-electron chi connectivity index (χ2n) is 7.48. The van der Waals surface area contributed by atoms with Crippen LogP contribution in [0.25, 0.3) is 6.08 Å². The molecule has 10 heteroatoms. The molecular formula is C25H17BrCl2N2O3S2. The molecular weight excluding hydrogens is 591 g/mol. The molecule has 0 aliphatic carbocycles. The molecule has 0 saturated carbocycles. The first-order chi connectivity index (χ1) is 16.7. The molecule has 2 amide bonds. The molecule has 3 aromatic rings. The minimum atomic E-state index is -0.423. The van der Waals surface area contributed by atoms with Crippen molar-refractivity contribution in [1.82, 2.24) is 10.4 Å². The predicted octanol–water partition coefficient (Wildman–Crippen LogP) is 7.19. The summed E-state index contributed by atoms with van der Waals surface area (Å²) in [6.07, 6.45) is 1.68. The zero-order valence-corrected chi connectivity index (χ0v) is 22.9. The molecule has 0 radical (unpaired) electrons. The lowest BCUT2D eigenvalue weighted by atomic mass is 10.1. The first kappa shape index (κ1) is 25.7. The Morgan fingerprint density at radius 2 is 1.94 bits per heavy atom. The molecule has 0 bridgehead atoms. The van der Waals surface area contributed by atoms with Crippen molar-refractivity contribution in [3.05, 3.63) is 102 Å². The molecule has 4 rings (SSSR count). The van der Waals surface area contributed by atoms with Crippen LogP contribution in [0.2, 0.25) is 10.0 Å². The first-order valence-corrected chi connectivity index (χ1v) is 13.0. The zero-order valence-electron chi connectivity index (χ0n) is 18.2. The summed E-state index contributed by atoms with van der Waals surface area (Å²) < 4.78 is 7.04. The number of halogens is 3. The van der Waals surface area contributed by atoms with Crippen LogP contribution in [0.5, 0.6) is 5.75 Å². The van der Waals surface area contributed by atoms with Gasteiger partial charge in [-0.05, 0) is 67.2 Å². The molecule has 0 unspecified atom stereocenters. The van der Waals surface area contributed by atoms with Gasteiger partial charge in [0.25, 0.3) is 11.8 Å². The van der Waals surface area contributed by atoms with Crippen LogP contribution in [0.4, 0.5) is 0 Å². The van der Waals surface area contributed by atoms with E-state index in [1.807, 2.05) is 31.2 Å². The Morgan fingerprint density at radius 1 is 1.17 bits per heavy atom. The van der Waals surface area contributed by atoms with Crippen LogP contribution in [0, 0.1) is 6.92 Å². The van der Waals surface area contributed by atoms with Crippen molar-refractivity contribution >= 4 is 85.3 Å². The van der Waals surface area contributed by atoms with Gasteiger partial charge in [0.1, 0.15) is 12.4 Å². The maximum absolute atomic E-state index is 13.1. The molecule has 5 nitrogen and oxygen atoms in total. The zero-order chi connectivity index (χ0) is 25.1. The number of hydrazine groups is 1. The van der Waals surface area contributed by atoms with Gasteiger partial charge in [0.05, 0.1) is 4.91 Å². The maximum atomic E-state index is 13.1. The largest absolute Gasteiger partial charge is 0.488 e. The van der Waals surface area contributed by atoms with E-state index < -0.39 is 11.8 Å². The van der Waals surface area contributed by atoms with Gasteiger partial charge < -0.3 is 4.74 Å². The number of thioether (sulfide) groups is 1. The Balaban J connectivity index is 1.54. The van der Waals surface area contributed by atoms with E-state index in [1.54, 1.807) is 42.5 Å². The molecule has 0 spiro atoms. The fourth-order valence-corrected chi connectivity index (χ4v) is 5.26. The normalized spacial score (nSPS) is 14.5. The molecule has 1 aliphatic heterocycles. The number of rotatable bonds is 6. The molecule has 0 atom stereocenters. The highest BCUT2D eigenvalue weighted by molar-refractivity contribution is 9.10. The number of hydrogen-bond acceptors (Lipinski definition) is 5. The number of nitrogens with zero attached hydrogens (tertiary/aromatic N) is 1. The average molecular weight is 608 g/mol. The van der Waals surface area contributed by atoms with Crippen molar-refractivity contribution < 1.29 is 14.3 Å². The second kappa shape index (κ2) is 11.1. The number of amides is 2. The lowest BCUT2D eigenvalue weighted by Crippen LogP contribution is -2.45. The van der Waals surface area contributed by atoms with Gasteiger partial charge in [-0.15, -0.1) is 0 Å². The monoisotopic (exact) mass is 606 g/mol. The van der Waals surface area contributed by atoms with Crippen molar-refractivity contribution in [3.8, 4) is 5.75 Å². The van der Waals surface area contributed by atoms with Crippen LogP contribution in [0.3, 0.4) is 0 Å². The summed E-state index contributed by atoms with van der Waals surface area (Å²) in [5.74, 6) is -0.283. The van der Waals surface area contributed by atoms with Gasteiger partial charge in [0, 0.05) is 31.2 Å². The molecule has 1 heterocycles. The van der Waals surface area contributed by atoms with Gasteiger partial charge in [0.15, 0.2) is 4.32 Å². The Kier molecular flexibility index (Phi) is 8.19. The molecule has 35 heavy (non-hydrogen) atoms. The van der Waals surface area contributed by atoms with Crippen LogP contribution in [-0.4, -0.2) is 21.1 Å². The van der Waals surface area contributed by atoms with Crippen molar-refractivity contribution in [1.29, 1.82) is 0 Å². The molecule has 1 aliphatic rings. The number of carbonyl (C=O) groups is 2. The average Bonchev–Trinajstić information content (AvgIpc) is 3.07. The highest BCUT2D eigenvalue weighted by Crippen LogP contribution is 2.35. The van der Waals surface area contributed by atoms with Crippen LogP contribution >= 0.6 is 63.1 Å². The molecule has 1 saturated heterocycles.